The molecule has 6 heteroatoms. The van der Waals surface area contributed by atoms with E-state index in [-0.39, 0.29) is 17.4 Å². The summed E-state index contributed by atoms with van der Waals surface area (Å²) in [6, 6.07) is 24.7. The van der Waals surface area contributed by atoms with Gasteiger partial charge in [0.05, 0.1) is 10.6 Å². The normalized spacial score (nSPS) is 13.5. The Hall–Kier alpha value is -2.85. The molecular formula is C31H39NO3SSi. The van der Waals surface area contributed by atoms with Gasteiger partial charge in [-0.25, -0.2) is 8.42 Å². The van der Waals surface area contributed by atoms with E-state index in [1.54, 1.807) is 12.1 Å². The van der Waals surface area contributed by atoms with E-state index in [4.69, 9.17) is 4.43 Å². The van der Waals surface area contributed by atoms with E-state index in [0.717, 1.165) is 16.7 Å². The van der Waals surface area contributed by atoms with E-state index >= 15 is 0 Å². The molecule has 0 spiro atoms. The molecule has 0 aliphatic carbocycles. The van der Waals surface area contributed by atoms with Gasteiger partial charge >= 0.3 is 0 Å². The molecule has 0 aromatic heterocycles. The minimum Gasteiger partial charge on any atom is -0.398 e. The number of sulfonamides is 1. The molecule has 0 bridgehead atoms. The number of rotatable bonds is 9. The van der Waals surface area contributed by atoms with Crippen LogP contribution in [0.2, 0.25) is 19.6 Å². The van der Waals surface area contributed by atoms with Crippen molar-refractivity contribution < 1.29 is 12.8 Å². The lowest BCUT2D eigenvalue weighted by Gasteiger charge is -2.39. The summed E-state index contributed by atoms with van der Waals surface area (Å²) in [6.07, 6.45) is 0.370. The van der Waals surface area contributed by atoms with Crippen molar-refractivity contribution in [2.75, 3.05) is 10.8 Å². The first kappa shape index (κ1) is 28.7. The van der Waals surface area contributed by atoms with Gasteiger partial charge in [0, 0.05) is 13.0 Å². The number of aryl methyl sites for hydroxylation is 2. The average molecular weight is 534 g/mol. The molecular weight excluding hydrogens is 494 g/mol. The van der Waals surface area contributed by atoms with Crippen LogP contribution < -0.4 is 4.31 Å². The van der Waals surface area contributed by atoms with Crippen LogP contribution in [0.3, 0.4) is 0 Å². The topological polar surface area (TPSA) is 46.6 Å². The van der Waals surface area contributed by atoms with Crippen molar-refractivity contribution in [2.45, 2.75) is 64.3 Å². The minimum absolute atomic E-state index is 0.110. The third kappa shape index (κ3) is 7.13. The SMILES string of the molecule is Cc1ccc(S(=O)(=O)N(CCC#CC(O[Si](C)(C)C)(c2ccccc2)C(C)C)c2cccc(C)c2)cc1. The molecule has 0 aliphatic heterocycles. The van der Waals surface area contributed by atoms with E-state index in [0.29, 0.717) is 12.1 Å². The second kappa shape index (κ2) is 11.7. The lowest BCUT2D eigenvalue weighted by atomic mass is 9.84. The Bertz CT molecular complexity index is 1350. The fraction of sp³-hybridized carbons (Fsp3) is 0.355. The highest BCUT2D eigenvalue weighted by molar-refractivity contribution is 7.92. The fourth-order valence-electron chi connectivity index (χ4n) is 4.28. The van der Waals surface area contributed by atoms with Crippen molar-refractivity contribution in [3.8, 4) is 11.8 Å². The van der Waals surface area contributed by atoms with Crippen molar-refractivity contribution in [1.82, 2.24) is 0 Å². The molecule has 0 radical (unpaired) electrons. The Morgan fingerprint density at radius 1 is 0.892 bits per heavy atom. The summed E-state index contributed by atoms with van der Waals surface area (Å²) < 4.78 is 35.7. The van der Waals surface area contributed by atoms with E-state index in [2.05, 4.69) is 57.5 Å². The molecule has 4 nitrogen and oxygen atoms in total. The van der Waals surface area contributed by atoms with Gasteiger partial charge in [-0.15, -0.1) is 0 Å². The van der Waals surface area contributed by atoms with Gasteiger partial charge in [0.2, 0.25) is 0 Å². The summed E-state index contributed by atoms with van der Waals surface area (Å²) in [4.78, 5) is 0.274. The number of anilines is 1. The van der Waals surface area contributed by atoms with Crippen LogP contribution in [0, 0.1) is 31.6 Å². The molecule has 3 rings (SSSR count). The van der Waals surface area contributed by atoms with Crippen molar-refractivity contribution in [3.05, 3.63) is 95.6 Å². The van der Waals surface area contributed by atoms with Gasteiger partial charge in [0.25, 0.3) is 10.0 Å². The Morgan fingerprint density at radius 3 is 2.11 bits per heavy atom. The van der Waals surface area contributed by atoms with Crippen LogP contribution in [0.25, 0.3) is 0 Å². The lowest BCUT2D eigenvalue weighted by molar-refractivity contribution is 0.0702. The quantitative estimate of drug-likeness (QED) is 0.214. The zero-order chi connectivity index (χ0) is 27.3. The molecule has 1 atom stereocenters. The molecule has 0 amide bonds. The van der Waals surface area contributed by atoms with Crippen LogP contribution in [-0.4, -0.2) is 23.3 Å². The van der Waals surface area contributed by atoms with E-state index in [1.807, 2.05) is 68.4 Å². The number of hydrogen-bond acceptors (Lipinski definition) is 3. The van der Waals surface area contributed by atoms with E-state index < -0.39 is 23.9 Å². The summed E-state index contributed by atoms with van der Waals surface area (Å²) >= 11 is 0. The van der Waals surface area contributed by atoms with Gasteiger partial charge in [0.15, 0.2) is 8.32 Å². The zero-order valence-electron chi connectivity index (χ0n) is 23.1. The fourth-order valence-corrected chi connectivity index (χ4v) is 7.11. The molecule has 0 saturated heterocycles. The molecule has 0 heterocycles. The maximum absolute atomic E-state index is 13.7. The number of nitrogens with zero attached hydrogens (tertiary/aromatic N) is 1. The Kier molecular flexibility index (Phi) is 9.07. The molecule has 196 valence electrons. The van der Waals surface area contributed by atoms with Crippen molar-refractivity contribution >= 4 is 24.0 Å². The molecule has 0 fully saturated rings. The van der Waals surface area contributed by atoms with Crippen LogP contribution in [0.15, 0.2) is 83.8 Å². The first-order valence-corrected chi connectivity index (χ1v) is 17.6. The van der Waals surface area contributed by atoms with Crippen LogP contribution >= 0.6 is 0 Å². The Labute approximate surface area is 224 Å². The third-order valence-corrected chi connectivity index (χ3v) is 8.87. The van der Waals surface area contributed by atoms with Crippen molar-refractivity contribution in [1.29, 1.82) is 0 Å². The standard InChI is InChI=1S/C31H39NO3SSi/c1-25(2)31(35-37(5,6)7,28-15-9-8-10-16-28)22-11-12-23-32(29-17-13-14-27(4)24-29)36(33,34)30-20-18-26(3)19-21-30/h8-10,13-21,24-25H,12,23H2,1-7H3. The summed E-state index contributed by atoms with van der Waals surface area (Å²) in [5.74, 6) is 6.89. The van der Waals surface area contributed by atoms with Gasteiger partial charge in [-0.1, -0.05) is 85.8 Å². The minimum atomic E-state index is -3.76. The molecule has 3 aromatic carbocycles. The maximum Gasteiger partial charge on any atom is 0.264 e. The van der Waals surface area contributed by atoms with Crippen molar-refractivity contribution in [2.24, 2.45) is 5.92 Å². The van der Waals surface area contributed by atoms with Crippen LogP contribution in [0.4, 0.5) is 5.69 Å². The summed E-state index contributed by atoms with van der Waals surface area (Å²) in [5, 5.41) is 0. The number of benzene rings is 3. The van der Waals surface area contributed by atoms with Crippen LogP contribution in [0.5, 0.6) is 0 Å². The average Bonchev–Trinajstić information content (AvgIpc) is 2.83. The highest BCUT2D eigenvalue weighted by Crippen LogP contribution is 2.36. The van der Waals surface area contributed by atoms with Gasteiger partial charge in [-0.3, -0.25) is 4.31 Å². The smallest absolute Gasteiger partial charge is 0.264 e. The number of hydrogen-bond donors (Lipinski definition) is 0. The first-order valence-electron chi connectivity index (χ1n) is 12.8. The maximum atomic E-state index is 13.7. The molecule has 1 unspecified atom stereocenters. The zero-order valence-corrected chi connectivity index (χ0v) is 24.9. The van der Waals surface area contributed by atoms with Gasteiger partial charge < -0.3 is 4.43 Å². The van der Waals surface area contributed by atoms with E-state index in [9.17, 15) is 8.42 Å². The van der Waals surface area contributed by atoms with Crippen LogP contribution in [-0.2, 0) is 20.1 Å². The lowest BCUT2D eigenvalue weighted by Crippen LogP contribution is -2.43. The highest BCUT2D eigenvalue weighted by Gasteiger charge is 2.39. The summed E-state index contributed by atoms with van der Waals surface area (Å²) in [5.41, 5.74) is 2.93. The van der Waals surface area contributed by atoms with Gasteiger partial charge in [-0.05, 0) is 74.8 Å². The first-order chi connectivity index (χ1) is 17.3. The second-order valence-electron chi connectivity index (χ2n) is 10.8. The predicted molar refractivity (Wildman–Crippen MR) is 157 cm³/mol. The van der Waals surface area contributed by atoms with E-state index in [1.165, 1.54) is 4.31 Å². The largest absolute Gasteiger partial charge is 0.398 e. The highest BCUT2D eigenvalue weighted by atomic mass is 32.2. The molecule has 37 heavy (non-hydrogen) atoms. The molecule has 0 saturated carbocycles. The molecule has 0 aliphatic rings. The molecule has 3 aromatic rings. The molecule has 0 N–H and O–H groups in total. The monoisotopic (exact) mass is 533 g/mol. The second-order valence-corrected chi connectivity index (χ2v) is 17.0. The Morgan fingerprint density at radius 2 is 1.54 bits per heavy atom. The van der Waals surface area contributed by atoms with Gasteiger partial charge in [-0.2, -0.15) is 0 Å². The predicted octanol–water partition coefficient (Wildman–Crippen LogP) is 7.30. The summed E-state index contributed by atoms with van der Waals surface area (Å²) in [7, 11) is -5.73. The Balaban J connectivity index is 2.00. The van der Waals surface area contributed by atoms with Gasteiger partial charge in [0.1, 0.15) is 5.60 Å². The van der Waals surface area contributed by atoms with Crippen LogP contribution in [0.1, 0.15) is 37.0 Å². The third-order valence-electron chi connectivity index (χ3n) is 6.10. The summed E-state index contributed by atoms with van der Waals surface area (Å²) in [6.45, 7) is 14.9. The van der Waals surface area contributed by atoms with Crippen molar-refractivity contribution in [3.63, 3.8) is 0 Å².